The first-order valence-electron chi connectivity index (χ1n) is 12.9. The molecule has 1 amide bonds. The van der Waals surface area contributed by atoms with Crippen LogP contribution in [0.25, 0.3) is 28.1 Å². The molecule has 0 spiro atoms. The number of carbonyl (C=O) groups is 1. The number of aromatic nitrogens is 3. The Bertz CT molecular complexity index is 1460. The standard InChI is InChI=1S/C30H29N5O3/c36-30(37)34-16-12-25(13-17-34)35-29(22-10-14-31-15-11-22)27(19-32-35)24-6-8-26-23(18-24)7-9-28(26)33-38-20-21-4-2-1-3-5-21/h1-6,8-11,14-15,18-19,25,33H,7,12-13,16-17,20H2,(H,36,37). The van der Waals surface area contributed by atoms with Gasteiger partial charge in [0.15, 0.2) is 0 Å². The number of benzene rings is 2. The zero-order chi connectivity index (χ0) is 25.9. The number of amides is 1. The fraction of sp³-hybridized carbons (Fsp3) is 0.233. The van der Waals surface area contributed by atoms with E-state index in [9.17, 15) is 9.90 Å². The number of hydrogen-bond acceptors (Lipinski definition) is 5. The lowest BCUT2D eigenvalue weighted by Gasteiger charge is -2.31. The smallest absolute Gasteiger partial charge is 0.407 e. The molecule has 0 atom stereocenters. The molecule has 1 aliphatic heterocycles. The van der Waals surface area contributed by atoms with Crippen LogP contribution in [0.3, 0.4) is 0 Å². The molecule has 38 heavy (non-hydrogen) atoms. The number of hydroxylamine groups is 1. The summed E-state index contributed by atoms with van der Waals surface area (Å²) >= 11 is 0. The number of nitrogens with one attached hydrogen (secondary N) is 1. The zero-order valence-electron chi connectivity index (χ0n) is 21.0. The van der Waals surface area contributed by atoms with Crippen LogP contribution in [0.15, 0.2) is 85.3 Å². The minimum absolute atomic E-state index is 0.135. The van der Waals surface area contributed by atoms with Gasteiger partial charge in [-0.2, -0.15) is 5.10 Å². The average molecular weight is 508 g/mol. The summed E-state index contributed by atoms with van der Waals surface area (Å²) in [4.78, 5) is 22.8. The number of nitrogens with zero attached hydrogens (tertiary/aromatic N) is 4. The van der Waals surface area contributed by atoms with E-state index in [1.165, 1.54) is 10.5 Å². The van der Waals surface area contributed by atoms with Crippen LogP contribution in [-0.4, -0.2) is 44.0 Å². The lowest BCUT2D eigenvalue weighted by molar-refractivity contribution is 0.0647. The normalized spacial score (nSPS) is 15.3. The maximum Gasteiger partial charge on any atom is 0.407 e. The van der Waals surface area contributed by atoms with Crippen LogP contribution < -0.4 is 5.48 Å². The van der Waals surface area contributed by atoms with Gasteiger partial charge in [-0.3, -0.25) is 20.0 Å². The van der Waals surface area contributed by atoms with Gasteiger partial charge < -0.3 is 10.0 Å². The highest BCUT2D eigenvalue weighted by Crippen LogP contribution is 2.38. The summed E-state index contributed by atoms with van der Waals surface area (Å²) in [7, 11) is 0. The molecule has 1 saturated heterocycles. The predicted octanol–water partition coefficient (Wildman–Crippen LogP) is 5.55. The van der Waals surface area contributed by atoms with Gasteiger partial charge in [0.25, 0.3) is 0 Å². The van der Waals surface area contributed by atoms with Gasteiger partial charge in [-0.25, -0.2) is 4.79 Å². The molecular formula is C30H29N5O3. The molecule has 1 aliphatic carbocycles. The molecule has 1 fully saturated rings. The number of likely N-dealkylation sites (tertiary alicyclic amines) is 1. The van der Waals surface area contributed by atoms with Crippen molar-refractivity contribution in [3.8, 4) is 22.4 Å². The molecule has 2 aliphatic rings. The van der Waals surface area contributed by atoms with E-state index in [-0.39, 0.29) is 6.04 Å². The van der Waals surface area contributed by atoms with Gasteiger partial charge in [0, 0.05) is 42.2 Å². The predicted molar refractivity (Wildman–Crippen MR) is 145 cm³/mol. The van der Waals surface area contributed by atoms with E-state index < -0.39 is 6.09 Å². The maximum atomic E-state index is 11.4. The summed E-state index contributed by atoms with van der Waals surface area (Å²) in [5.41, 5.74) is 11.8. The van der Waals surface area contributed by atoms with Crippen molar-refractivity contribution >= 4 is 11.8 Å². The fourth-order valence-electron chi connectivity index (χ4n) is 5.33. The summed E-state index contributed by atoms with van der Waals surface area (Å²) < 4.78 is 2.08. The van der Waals surface area contributed by atoms with Crippen molar-refractivity contribution in [3.05, 3.63) is 102 Å². The lowest BCUT2D eigenvalue weighted by atomic mass is 9.97. The van der Waals surface area contributed by atoms with E-state index in [1.54, 1.807) is 12.4 Å². The Labute approximate surface area is 221 Å². The van der Waals surface area contributed by atoms with Crippen LogP contribution in [-0.2, 0) is 17.9 Å². The van der Waals surface area contributed by atoms with Gasteiger partial charge in [0.05, 0.1) is 30.2 Å². The summed E-state index contributed by atoms with van der Waals surface area (Å²) in [5.74, 6) is 0. The molecule has 4 aromatic rings. The lowest BCUT2D eigenvalue weighted by Crippen LogP contribution is -2.38. The quantitative estimate of drug-likeness (QED) is 0.319. The molecule has 192 valence electrons. The van der Waals surface area contributed by atoms with Crippen molar-refractivity contribution in [1.82, 2.24) is 25.1 Å². The second-order valence-electron chi connectivity index (χ2n) is 9.66. The topological polar surface area (TPSA) is 92.5 Å². The van der Waals surface area contributed by atoms with E-state index in [0.717, 1.165) is 58.5 Å². The Morgan fingerprint density at radius 3 is 2.55 bits per heavy atom. The third-order valence-corrected chi connectivity index (χ3v) is 7.33. The number of allylic oxidation sites excluding steroid dienone is 1. The van der Waals surface area contributed by atoms with Gasteiger partial charge in [-0.1, -0.05) is 54.6 Å². The molecule has 2 aromatic carbocycles. The van der Waals surface area contributed by atoms with Crippen molar-refractivity contribution in [2.75, 3.05) is 13.1 Å². The Balaban J connectivity index is 1.25. The third kappa shape index (κ3) is 4.78. The molecular weight excluding hydrogens is 478 g/mol. The first kappa shape index (κ1) is 23.9. The van der Waals surface area contributed by atoms with Crippen LogP contribution in [0.4, 0.5) is 4.79 Å². The van der Waals surface area contributed by atoms with Gasteiger partial charge in [-0.05, 0) is 48.1 Å². The van der Waals surface area contributed by atoms with Crippen LogP contribution >= 0.6 is 0 Å². The van der Waals surface area contributed by atoms with Crippen molar-refractivity contribution in [2.45, 2.75) is 31.9 Å². The summed E-state index contributed by atoms with van der Waals surface area (Å²) in [6, 6.07) is 20.7. The fourth-order valence-corrected chi connectivity index (χ4v) is 5.33. The molecule has 2 aromatic heterocycles. The van der Waals surface area contributed by atoms with Crippen LogP contribution in [0.1, 0.15) is 35.6 Å². The third-order valence-electron chi connectivity index (χ3n) is 7.33. The van der Waals surface area contributed by atoms with Crippen LogP contribution in [0, 0.1) is 0 Å². The zero-order valence-corrected chi connectivity index (χ0v) is 21.0. The first-order chi connectivity index (χ1) is 18.7. The van der Waals surface area contributed by atoms with Gasteiger partial charge in [-0.15, -0.1) is 0 Å². The second kappa shape index (κ2) is 10.5. The molecule has 6 rings (SSSR count). The molecule has 0 saturated carbocycles. The van der Waals surface area contributed by atoms with Crippen LogP contribution in [0.5, 0.6) is 0 Å². The molecule has 8 heteroatoms. The Hall–Kier alpha value is -4.43. The Kier molecular flexibility index (Phi) is 6.62. The monoisotopic (exact) mass is 507 g/mol. The van der Waals surface area contributed by atoms with Crippen molar-refractivity contribution in [3.63, 3.8) is 0 Å². The number of rotatable bonds is 7. The highest BCUT2D eigenvalue weighted by Gasteiger charge is 2.27. The van der Waals surface area contributed by atoms with E-state index >= 15 is 0 Å². The van der Waals surface area contributed by atoms with Crippen molar-refractivity contribution in [2.24, 2.45) is 0 Å². The minimum atomic E-state index is -0.856. The average Bonchev–Trinajstić information content (AvgIpc) is 3.58. The van der Waals surface area contributed by atoms with Crippen molar-refractivity contribution in [1.29, 1.82) is 0 Å². The summed E-state index contributed by atoms with van der Waals surface area (Å²) in [5, 5.41) is 14.2. The SMILES string of the molecule is O=C(O)N1CCC(n2ncc(-c3ccc4c(c3)CC=C4NOCc3ccccc3)c2-c2ccncc2)CC1. The molecule has 0 bridgehead atoms. The van der Waals surface area contributed by atoms with Gasteiger partial charge >= 0.3 is 6.09 Å². The van der Waals surface area contributed by atoms with E-state index in [1.807, 2.05) is 48.7 Å². The number of carboxylic acid groups (broad SMARTS) is 1. The molecule has 0 unspecified atom stereocenters. The van der Waals surface area contributed by atoms with E-state index in [0.29, 0.717) is 19.7 Å². The van der Waals surface area contributed by atoms with Gasteiger partial charge in [0.2, 0.25) is 0 Å². The summed E-state index contributed by atoms with van der Waals surface area (Å²) in [6.45, 7) is 1.51. The first-order valence-corrected chi connectivity index (χ1v) is 12.9. The minimum Gasteiger partial charge on any atom is -0.465 e. The van der Waals surface area contributed by atoms with Gasteiger partial charge in [0.1, 0.15) is 0 Å². The highest BCUT2D eigenvalue weighted by atomic mass is 16.6. The van der Waals surface area contributed by atoms with Crippen LogP contribution in [0.2, 0.25) is 0 Å². The maximum absolute atomic E-state index is 11.4. The second-order valence-corrected chi connectivity index (χ2v) is 9.66. The number of piperidine rings is 1. The number of fused-ring (bicyclic) bond motifs is 1. The number of pyridine rings is 1. The van der Waals surface area contributed by atoms with Crippen molar-refractivity contribution < 1.29 is 14.7 Å². The molecule has 3 heterocycles. The largest absolute Gasteiger partial charge is 0.465 e. The Morgan fingerprint density at radius 1 is 1.00 bits per heavy atom. The molecule has 2 N–H and O–H groups in total. The molecule has 0 radical (unpaired) electrons. The summed E-state index contributed by atoms with van der Waals surface area (Å²) in [6.07, 6.45) is 9.12. The molecule has 8 nitrogen and oxygen atoms in total. The number of hydrogen-bond donors (Lipinski definition) is 2. The highest BCUT2D eigenvalue weighted by molar-refractivity contribution is 5.83. The van der Waals surface area contributed by atoms with E-state index in [2.05, 4.69) is 39.4 Å². The Morgan fingerprint density at radius 2 is 1.79 bits per heavy atom. The van der Waals surface area contributed by atoms with E-state index in [4.69, 9.17) is 9.94 Å².